The smallest absolute Gasteiger partial charge is 0.312 e. The lowest BCUT2D eigenvalue weighted by molar-refractivity contribution is -0.151. The number of hydrogen-bond donors (Lipinski definition) is 0. The van der Waals surface area contributed by atoms with Crippen molar-refractivity contribution in [3.63, 3.8) is 0 Å². The number of likely N-dealkylation sites (N-methyl/N-ethyl adjacent to an activating group) is 1. The van der Waals surface area contributed by atoms with E-state index in [9.17, 15) is 14.0 Å². The summed E-state index contributed by atoms with van der Waals surface area (Å²) in [6.07, 6.45) is 3.55. The molecule has 30 heavy (non-hydrogen) atoms. The van der Waals surface area contributed by atoms with Gasteiger partial charge in [0.05, 0.1) is 12.0 Å². The number of aromatic nitrogens is 1. The van der Waals surface area contributed by atoms with Crippen LogP contribution in [0.3, 0.4) is 0 Å². The number of carbonyl (C=O) groups is 2. The summed E-state index contributed by atoms with van der Waals surface area (Å²) in [5, 5.41) is 3.00. The van der Waals surface area contributed by atoms with E-state index >= 15 is 0 Å². The third-order valence-corrected chi connectivity index (χ3v) is 6.91. The van der Waals surface area contributed by atoms with E-state index in [4.69, 9.17) is 4.74 Å². The van der Waals surface area contributed by atoms with Gasteiger partial charge in [0, 0.05) is 43.2 Å². The number of rotatable bonds is 5. The van der Waals surface area contributed by atoms with Crippen molar-refractivity contribution < 1.29 is 18.7 Å². The fourth-order valence-electron chi connectivity index (χ4n) is 4.42. The Hall–Kier alpha value is -2.32. The Morgan fingerprint density at radius 3 is 2.83 bits per heavy atom. The van der Waals surface area contributed by atoms with E-state index in [2.05, 4.69) is 9.88 Å². The maximum absolute atomic E-state index is 13.5. The number of nitrogens with zero attached hydrogens (tertiary/aromatic N) is 3. The molecule has 0 aliphatic carbocycles. The normalized spacial score (nSPS) is 20.7. The van der Waals surface area contributed by atoms with E-state index in [0.717, 1.165) is 11.6 Å². The average Bonchev–Trinajstić information content (AvgIpc) is 3.32. The predicted molar refractivity (Wildman–Crippen MR) is 112 cm³/mol. The first-order valence-electron chi connectivity index (χ1n) is 10.2. The third kappa shape index (κ3) is 4.25. The van der Waals surface area contributed by atoms with Gasteiger partial charge in [0.15, 0.2) is 0 Å². The minimum Gasteiger partial charge on any atom is -0.461 e. The first kappa shape index (κ1) is 20.9. The summed E-state index contributed by atoms with van der Waals surface area (Å²) in [5.74, 6) is -0.567. The van der Waals surface area contributed by atoms with E-state index in [-0.39, 0.29) is 23.8 Å². The molecule has 160 valence electrons. The number of ether oxygens (including phenoxy) is 1. The van der Waals surface area contributed by atoms with Gasteiger partial charge in [-0.15, -0.1) is 11.3 Å². The number of aryl methyl sites for hydroxylation is 1. The zero-order valence-corrected chi connectivity index (χ0v) is 18.1. The molecule has 0 saturated carbocycles. The first-order chi connectivity index (χ1) is 14.4. The summed E-state index contributed by atoms with van der Waals surface area (Å²) in [5.41, 5.74) is 0.446. The summed E-state index contributed by atoms with van der Waals surface area (Å²) in [6, 6.07) is 4.43. The maximum atomic E-state index is 13.5. The Balaban J connectivity index is 1.33. The molecule has 0 radical (unpaired) electrons. The number of piperidine rings is 1. The Bertz CT molecular complexity index is 926. The van der Waals surface area contributed by atoms with Crippen LogP contribution in [0.4, 0.5) is 4.39 Å². The number of halogens is 1. The van der Waals surface area contributed by atoms with Crippen LogP contribution in [0.1, 0.15) is 40.2 Å². The van der Waals surface area contributed by atoms with Gasteiger partial charge in [0.25, 0.3) is 5.91 Å². The Morgan fingerprint density at radius 1 is 1.40 bits per heavy atom. The molecule has 1 aromatic carbocycles. The lowest BCUT2D eigenvalue weighted by Crippen LogP contribution is -2.45. The van der Waals surface area contributed by atoms with Crippen molar-refractivity contribution in [2.24, 2.45) is 5.41 Å². The van der Waals surface area contributed by atoms with Gasteiger partial charge in [-0.05, 0) is 50.6 Å². The minimum absolute atomic E-state index is 0.112. The number of hydrogen-bond acceptors (Lipinski definition) is 6. The van der Waals surface area contributed by atoms with Crippen molar-refractivity contribution in [3.8, 4) is 0 Å². The summed E-state index contributed by atoms with van der Waals surface area (Å²) in [4.78, 5) is 33.7. The number of esters is 1. The number of thiazole rings is 1. The highest BCUT2D eigenvalue weighted by atomic mass is 32.1. The van der Waals surface area contributed by atoms with Crippen LogP contribution in [-0.4, -0.2) is 59.4 Å². The fraction of sp³-hybridized carbons (Fsp3) is 0.500. The molecule has 0 bridgehead atoms. The molecule has 1 amide bonds. The SMILES string of the molecule is Cc1cc(C(=O)N2CCC3(CC2)CC(CN(C)Cc2nccs2)OC3=O)ccc1F. The molecule has 2 aliphatic rings. The highest BCUT2D eigenvalue weighted by molar-refractivity contribution is 7.09. The van der Waals surface area contributed by atoms with Gasteiger partial charge in [-0.2, -0.15) is 0 Å². The van der Waals surface area contributed by atoms with E-state index in [1.54, 1.807) is 35.4 Å². The van der Waals surface area contributed by atoms with Crippen LogP contribution in [0, 0.1) is 18.2 Å². The highest BCUT2D eigenvalue weighted by Crippen LogP contribution is 2.43. The lowest BCUT2D eigenvalue weighted by atomic mass is 9.76. The largest absolute Gasteiger partial charge is 0.461 e. The molecule has 1 spiro atoms. The van der Waals surface area contributed by atoms with E-state index in [1.807, 2.05) is 12.4 Å². The van der Waals surface area contributed by atoms with Gasteiger partial charge < -0.3 is 9.64 Å². The second kappa shape index (κ2) is 8.43. The molecule has 2 saturated heterocycles. The summed E-state index contributed by atoms with van der Waals surface area (Å²) in [6.45, 7) is 4.07. The second-order valence-corrected chi connectivity index (χ2v) is 9.37. The fourth-order valence-corrected chi connectivity index (χ4v) is 5.11. The van der Waals surface area contributed by atoms with Gasteiger partial charge in [0.2, 0.25) is 0 Å². The van der Waals surface area contributed by atoms with Crippen LogP contribution < -0.4 is 0 Å². The van der Waals surface area contributed by atoms with E-state index in [1.165, 1.54) is 12.1 Å². The Labute approximate surface area is 179 Å². The molecule has 1 atom stereocenters. The molecular weight excluding hydrogens is 405 g/mol. The molecule has 1 aromatic heterocycles. The number of cyclic esters (lactones) is 1. The maximum Gasteiger partial charge on any atom is 0.312 e. The molecule has 0 N–H and O–H groups in total. The van der Waals surface area contributed by atoms with Gasteiger partial charge in [-0.3, -0.25) is 14.5 Å². The van der Waals surface area contributed by atoms with E-state index in [0.29, 0.717) is 50.0 Å². The summed E-state index contributed by atoms with van der Waals surface area (Å²) < 4.78 is 19.2. The minimum atomic E-state index is -0.498. The quantitative estimate of drug-likeness (QED) is 0.680. The van der Waals surface area contributed by atoms with Crippen molar-refractivity contribution in [2.75, 3.05) is 26.7 Å². The van der Waals surface area contributed by atoms with E-state index < -0.39 is 5.41 Å². The highest BCUT2D eigenvalue weighted by Gasteiger charge is 2.51. The van der Waals surface area contributed by atoms with Crippen LogP contribution in [0.2, 0.25) is 0 Å². The monoisotopic (exact) mass is 431 g/mol. The molecule has 8 heteroatoms. The molecular formula is C22H26FN3O3S. The predicted octanol–water partition coefficient (Wildman–Crippen LogP) is 3.26. The summed E-state index contributed by atoms with van der Waals surface area (Å²) >= 11 is 1.62. The van der Waals surface area contributed by atoms with Crippen molar-refractivity contribution >= 4 is 23.2 Å². The zero-order chi connectivity index (χ0) is 21.3. The number of benzene rings is 1. The first-order valence-corrected chi connectivity index (χ1v) is 11.1. The Kier molecular flexibility index (Phi) is 5.88. The lowest BCUT2D eigenvalue weighted by Gasteiger charge is -2.36. The van der Waals surface area contributed by atoms with Gasteiger partial charge in [-0.1, -0.05) is 0 Å². The van der Waals surface area contributed by atoms with Crippen LogP contribution >= 0.6 is 11.3 Å². The molecule has 2 aromatic rings. The zero-order valence-electron chi connectivity index (χ0n) is 17.3. The topological polar surface area (TPSA) is 62.7 Å². The molecule has 1 unspecified atom stereocenters. The molecule has 6 nitrogen and oxygen atoms in total. The van der Waals surface area contributed by atoms with Crippen LogP contribution in [-0.2, 0) is 16.1 Å². The second-order valence-electron chi connectivity index (χ2n) is 8.39. The number of carbonyl (C=O) groups excluding carboxylic acids is 2. The summed E-state index contributed by atoms with van der Waals surface area (Å²) in [7, 11) is 2.01. The van der Waals surface area contributed by atoms with Crippen molar-refractivity contribution in [1.82, 2.24) is 14.8 Å². The van der Waals surface area contributed by atoms with Crippen molar-refractivity contribution in [1.29, 1.82) is 0 Å². The van der Waals surface area contributed by atoms with Crippen molar-refractivity contribution in [3.05, 3.63) is 51.7 Å². The average molecular weight is 432 g/mol. The molecule has 2 fully saturated rings. The molecule has 3 heterocycles. The van der Waals surface area contributed by atoms with Gasteiger partial charge in [0.1, 0.15) is 16.9 Å². The number of amides is 1. The van der Waals surface area contributed by atoms with Crippen LogP contribution in [0.25, 0.3) is 0 Å². The van der Waals surface area contributed by atoms with Gasteiger partial charge in [-0.25, -0.2) is 9.37 Å². The molecule has 2 aliphatic heterocycles. The van der Waals surface area contributed by atoms with Gasteiger partial charge >= 0.3 is 5.97 Å². The van der Waals surface area contributed by atoms with Crippen LogP contribution in [0.15, 0.2) is 29.8 Å². The van der Waals surface area contributed by atoms with Crippen molar-refractivity contribution in [2.45, 2.75) is 38.8 Å². The third-order valence-electron chi connectivity index (χ3n) is 6.14. The van der Waals surface area contributed by atoms with Crippen LogP contribution in [0.5, 0.6) is 0 Å². The number of likely N-dealkylation sites (tertiary alicyclic amines) is 1. The Morgan fingerprint density at radius 2 is 2.17 bits per heavy atom. The molecule has 4 rings (SSSR count). The standard InChI is InChI=1S/C22H26FN3O3S/c1-15-11-16(3-4-18(15)23)20(27)26-8-5-22(6-9-26)12-17(29-21(22)28)13-25(2)14-19-24-7-10-30-19/h3-4,7,10-11,17H,5-6,8-9,12-14H2,1-2H3.